The second-order valence-corrected chi connectivity index (χ2v) is 6.51. The van der Waals surface area contributed by atoms with Crippen molar-refractivity contribution in [1.29, 1.82) is 0 Å². The van der Waals surface area contributed by atoms with E-state index in [1.165, 1.54) is 16.7 Å². The van der Waals surface area contributed by atoms with Crippen LogP contribution in [0.2, 0.25) is 0 Å². The summed E-state index contributed by atoms with van der Waals surface area (Å²) in [4.78, 5) is 0.221. The summed E-state index contributed by atoms with van der Waals surface area (Å²) in [6.07, 6.45) is 4.25. The number of hydrogen-bond acceptors (Lipinski definition) is 3. The highest BCUT2D eigenvalue weighted by Gasteiger charge is 2.24. The van der Waals surface area contributed by atoms with Gasteiger partial charge < -0.3 is 0 Å². The Bertz CT molecular complexity index is 609. The summed E-state index contributed by atoms with van der Waals surface area (Å²) in [5.74, 6) is 0. The number of H-pyrrole nitrogens is 1. The molecule has 20 heavy (non-hydrogen) atoms. The molecule has 0 saturated carbocycles. The van der Waals surface area contributed by atoms with Crippen LogP contribution in [0.25, 0.3) is 0 Å². The van der Waals surface area contributed by atoms with E-state index in [4.69, 9.17) is 0 Å². The van der Waals surface area contributed by atoms with Gasteiger partial charge in [0.05, 0.1) is 6.20 Å². The number of aromatic nitrogens is 2. The van der Waals surface area contributed by atoms with E-state index < -0.39 is 10.0 Å². The van der Waals surface area contributed by atoms with E-state index >= 15 is 0 Å². The zero-order valence-corrected chi connectivity index (χ0v) is 12.3. The zero-order valence-electron chi connectivity index (χ0n) is 11.5. The van der Waals surface area contributed by atoms with E-state index in [1.54, 1.807) is 0 Å². The Morgan fingerprint density at radius 2 is 1.95 bits per heavy atom. The number of nitrogens with zero attached hydrogens (tertiary/aromatic N) is 2. The van der Waals surface area contributed by atoms with Crippen molar-refractivity contribution in [2.45, 2.75) is 24.7 Å². The van der Waals surface area contributed by atoms with Gasteiger partial charge in [-0.3, -0.25) is 5.10 Å². The third kappa shape index (κ3) is 3.46. The minimum absolute atomic E-state index is 0.221. The number of hydrogen-bond donors (Lipinski definition) is 1. The third-order valence-corrected chi connectivity index (χ3v) is 4.94. The van der Waals surface area contributed by atoms with Gasteiger partial charge in [0.15, 0.2) is 0 Å². The Morgan fingerprint density at radius 3 is 2.55 bits per heavy atom. The van der Waals surface area contributed by atoms with Crippen LogP contribution in [0.3, 0.4) is 0 Å². The first-order chi connectivity index (χ1) is 9.64. The molecule has 1 heterocycles. The standard InChI is InChI=1S/C14H19N3O2S/c1-2-9-17(10-8-13-6-4-3-5-7-13)20(18,19)14-11-15-16-12-14/h3-7,11-12H,2,8-10H2,1H3,(H,15,16). The quantitative estimate of drug-likeness (QED) is 0.849. The highest BCUT2D eigenvalue weighted by atomic mass is 32.2. The summed E-state index contributed by atoms with van der Waals surface area (Å²) >= 11 is 0. The second kappa shape index (κ2) is 6.67. The van der Waals surface area contributed by atoms with Crippen molar-refractivity contribution in [3.63, 3.8) is 0 Å². The Labute approximate surface area is 119 Å². The molecule has 0 aliphatic rings. The molecule has 0 aliphatic carbocycles. The molecule has 0 spiro atoms. The largest absolute Gasteiger partial charge is 0.284 e. The molecule has 1 N–H and O–H groups in total. The summed E-state index contributed by atoms with van der Waals surface area (Å²) in [5.41, 5.74) is 1.14. The Balaban J connectivity index is 2.11. The Hall–Kier alpha value is -1.66. The molecule has 0 radical (unpaired) electrons. The predicted molar refractivity (Wildman–Crippen MR) is 77.8 cm³/mol. The van der Waals surface area contributed by atoms with Gasteiger partial charge in [0.25, 0.3) is 0 Å². The maximum absolute atomic E-state index is 12.5. The monoisotopic (exact) mass is 293 g/mol. The molecule has 2 rings (SSSR count). The van der Waals surface area contributed by atoms with E-state index in [2.05, 4.69) is 10.2 Å². The van der Waals surface area contributed by atoms with Crippen LogP contribution in [0.4, 0.5) is 0 Å². The van der Waals surface area contributed by atoms with Gasteiger partial charge in [-0.05, 0) is 18.4 Å². The lowest BCUT2D eigenvalue weighted by Crippen LogP contribution is -2.33. The van der Waals surface area contributed by atoms with Crippen molar-refractivity contribution in [3.8, 4) is 0 Å². The third-order valence-electron chi connectivity index (χ3n) is 3.08. The molecule has 0 aliphatic heterocycles. The summed E-state index contributed by atoms with van der Waals surface area (Å²) < 4.78 is 26.5. The van der Waals surface area contributed by atoms with Crippen molar-refractivity contribution in [2.75, 3.05) is 13.1 Å². The van der Waals surface area contributed by atoms with Crippen LogP contribution in [0.15, 0.2) is 47.6 Å². The topological polar surface area (TPSA) is 66.1 Å². The Kier molecular flexibility index (Phi) is 4.92. The summed E-state index contributed by atoms with van der Waals surface area (Å²) in [6, 6.07) is 9.90. The number of benzene rings is 1. The van der Waals surface area contributed by atoms with E-state index in [-0.39, 0.29) is 4.90 Å². The molecule has 6 heteroatoms. The minimum Gasteiger partial charge on any atom is -0.284 e. The van der Waals surface area contributed by atoms with E-state index in [0.29, 0.717) is 19.5 Å². The van der Waals surface area contributed by atoms with E-state index in [0.717, 1.165) is 12.0 Å². The fraction of sp³-hybridized carbons (Fsp3) is 0.357. The normalized spacial score (nSPS) is 11.9. The molecule has 108 valence electrons. The van der Waals surface area contributed by atoms with Gasteiger partial charge in [0, 0.05) is 19.3 Å². The molecule has 1 aromatic heterocycles. The molecule has 0 unspecified atom stereocenters. The molecule has 0 fully saturated rings. The zero-order chi connectivity index (χ0) is 14.4. The van der Waals surface area contributed by atoms with Crippen LogP contribution in [-0.4, -0.2) is 36.0 Å². The average molecular weight is 293 g/mol. The van der Waals surface area contributed by atoms with Crippen LogP contribution < -0.4 is 0 Å². The molecule has 2 aromatic rings. The van der Waals surface area contributed by atoms with Gasteiger partial charge in [-0.1, -0.05) is 37.3 Å². The van der Waals surface area contributed by atoms with Crippen LogP contribution >= 0.6 is 0 Å². The highest BCUT2D eigenvalue weighted by Crippen LogP contribution is 2.15. The van der Waals surface area contributed by atoms with E-state index in [1.807, 2.05) is 37.3 Å². The smallest absolute Gasteiger partial charge is 0.246 e. The molecule has 0 amide bonds. The second-order valence-electron chi connectivity index (χ2n) is 4.57. The maximum atomic E-state index is 12.5. The van der Waals surface area contributed by atoms with Gasteiger partial charge in [-0.25, -0.2) is 8.42 Å². The van der Waals surface area contributed by atoms with Crippen molar-refractivity contribution >= 4 is 10.0 Å². The van der Waals surface area contributed by atoms with Crippen LogP contribution in [0.1, 0.15) is 18.9 Å². The van der Waals surface area contributed by atoms with Gasteiger partial charge in [0.1, 0.15) is 4.90 Å². The van der Waals surface area contributed by atoms with Crippen molar-refractivity contribution in [2.24, 2.45) is 0 Å². The molecule has 0 saturated heterocycles. The van der Waals surface area contributed by atoms with Crippen molar-refractivity contribution < 1.29 is 8.42 Å². The Morgan fingerprint density at radius 1 is 1.20 bits per heavy atom. The lowest BCUT2D eigenvalue weighted by Gasteiger charge is -2.20. The maximum Gasteiger partial charge on any atom is 0.246 e. The van der Waals surface area contributed by atoms with Gasteiger partial charge in [-0.15, -0.1) is 0 Å². The number of rotatable bonds is 7. The van der Waals surface area contributed by atoms with Gasteiger partial charge in [-0.2, -0.15) is 9.40 Å². The SMILES string of the molecule is CCCN(CCc1ccccc1)S(=O)(=O)c1cn[nH]c1. The van der Waals surface area contributed by atoms with Crippen LogP contribution in [0, 0.1) is 0 Å². The fourth-order valence-electron chi connectivity index (χ4n) is 2.03. The molecule has 0 bridgehead atoms. The van der Waals surface area contributed by atoms with Crippen LogP contribution in [-0.2, 0) is 16.4 Å². The highest BCUT2D eigenvalue weighted by molar-refractivity contribution is 7.89. The first-order valence-corrected chi connectivity index (χ1v) is 8.11. The number of aromatic amines is 1. The van der Waals surface area contributed by atoms with Gasteiger partial charge in [0.2, 0.25) is 10.0 Å². The van der Waals surface area contributed by atoms with E-state index in [9.17, 15) is 8.42 Å². The van der Waals surface area contributed by atoms with Crippen molar-refractivity contribution in [3.05, 3.63) is 48.3 Å². The molecular weight excluding hydrogens is 274 g/mol. The summed E-state index contributed by atoms with van der Waals surface area (Å²) in [7, 11) is -3.45. The molecule has 0 atom stereocenters. The molecular formula is C14H19N3O2S. The molecule has 5 nitrogen and oxygen atoms in total. The number of nitrogens with one attached hydrogen (secondary N) is 1. The minimum atomic E-state index is -3.45. The average Bonchev–Trinajstić information content (AvgIpc) is 2.99. The van der Waals surface area contributed by atoms with Crippen molar-refractivity contribution in [1.82, 2.24) is 14.5 Å². The van der Waals surface area contributed by atoms with Gasteiger partial charge >= 0.3 is 0 Å². The first-order valence-electron chi connectivity index (χ1n) is 6.67. The molecule has 1 aromatic carbocycles. The lowest BCUT2D eigenvalue weighted by molar-refractivity contribution is 0.413. The predicted octanol–water partition coefficient (Wildman–Crippen LogP) is 2.05. The lowest BCUT2D eigenvalue weighted by atomic mass is 10.1. The summed E-state index contributed by atoms with van der Waals surface area (Å²) in [6.45, 7) is 2.96. The first kappa shape index (κ1) is 14.7. The summed E-state index contributed by atoms with van der Waals surface area (Å²) in [5, 5.41) is 6.27. The fourth-order valence-corrected chi connectivity index (χ4v) is 3.47. The van der Waals surface area contributed by atoms with Crippen LogP contribution in [0.5, 0.6) is 0 Å². The number of sulfonamides is 1.